The lowest BCUT2D eigenvalue weighted by molar-refractivity contribution is -0.138. The number of ether oxygens (including phenoxy) is 1. The number of carboxylic acid groups (broad SMARTS) is 1. The van der Waals surface area contributed by atoms with E-state index in [0.717, 1.165) is 31.2 Å². The van der Waals surface area contributed by atoms with Crippen molar-refractivity contribution in [2.75, 3.05) is 0 Å². The second-order valence-corrected chi connectivity index (χ2v) is 8.98. The predicted molar refractivity (Wildman–Crippen MR) is 126 cm³/mol. The lowest BCUT2D eigenvalue weighted by atomic mass is 9.85. The number of imidazole rings is 1. The Morgan fingerprint density at radius 1 is 1.09 bits per heavy atom. The van der Waals surface area contributed by atoms with Gasteiger partial charge in [0.1, 0.15) is 17.7 Å². The monoisotopic (exact) mass is 480 g/mol. The normalized spacial score (nSPS) is 18.2. The first-order chi connectivity index (χ1) is 16.4. The van der Waals surface area contributed by atoms with Crippen LogP contribution in [0, 0.1) is 11.7 Å². The summed E-state index contributed by atoms with van der Waals surface area (Å²) in [5.74, 6) is -0.0457. The van der Waals surface area contributed by atoms with Gasteiger partial charge in [-0.3, -0.25) is 4.79 Å². The average Bonchev–Trinajstić information content (AvgIpc) is 3.23. The van der Waals surface area contributed by atoms with Gasteiger partial charge in [0, 0.05) is 30.4 Å². The minimum atomic E-state index is -0.745. The number of aromatic amines is 1. The molecule has 0 saturated heterocycles. The molecule has 174 valence electrons. The van der Waals surface area contributed by atoms with Gasteiger partial charge in [-0.25, -0.2) is 19.3 Å². The molecule has 0 amide bonds. The highest BCUT2D eigenvalue weighted by Gasteiger charge is 2.24. The van der Waals surface area contributed by atoms with Gasteiger partial charge in [0.2, 0.25) is 5.88 Å². The van der Waals surface area contributed by atoms with Crippen LogP contribution in [0.25, 0.3) is 33.7 Å². The van der Waals surface area contributed by atoms with Crippen molar-refractivity contribution >= 4 is 28.7 Å². The number of carboxylic acids is 1. The number of fused-ring (bicyclic) bond motifs is 1. The van der Waals surface area contributed by atoms with Crippen molar-refractivity contribution < 1.29 is 19.0 Å². The molecule has 5 rings (SSSR count). The second kappa shape index (κ2) is 9.38. The summed E-state index contributed by atoms with van der Waals surface area (Å²) >= 11 is 5.96. The van der Waals surface area contributed by atoms with Gasteiger partial charge in [0.25, 0.3) is 0 Å². The summed E-state index contributed by atoms with van der Waals surface area (Å²) in [5, 5.41) is 9.42. The Balaban J connectivity index is 1.26. The maximum absolute atomic E-state index is 14.9. The first-order valence-electron chi connectivity index (χ1n) is 11.1. The van der Waals surface area contributed by atoms with Gasteiger partial charge in [0.15, 0.2) is 5.65 Å². The third kappa shape index (κ3) is 4.87. The minimum absolute atomic E-state index is 0.0355. The van der Waals surface area contributed by atoms with Gasteiger partial charge in [-0.1, -0.05) is 17.7 Å². The van der Waals surface area contributed by atoms with E-state index in [1.54, 1.807) is 24.4 Å². The highest BCUT2D eigenvalue weighted by Crippen LogP contribution is 2.31. The molecule has 0 unspecified atom stereocenters. The molecule has 3 aromatic heterocycles. The van der Waals surface area contributed by atoms with E-state index >= 15 is 0 Å². The van der Waals surface area contributed by atoms with Crippen LogP contribution in [0.4, 0.5) is 4.39 Å². The number of carbonyl (C=O) groups is 1. The van der Waals surface area contributed by atoms with Crippen molar-refractivity contribution in [2.24, 2.45) is 5.92 Å². The van der Waals surface area contributed by atoms with E-state index in [0.29, 0.717) is 39.0 Å². The van der Waals surface area contributed by atoms with Crippen molar-refractivity contribution in [3.8, 4) is 28.4 Å². The molecule has 9 heteroatoms. The standard InChI is InChI=1S/C25H22ClFN4O3/c26-17-11-21-25(29-13-17)31-24(30-21)19-7-3-15(10-20(19)27)16-4-8-22(28-12-16)34-18-5-1-14(2-6-18)9-23(32)33/h3-4,7-8,10-14,18H,1-2,5-6,9H2,(H,32,33)(H,29,30,31). The molecular weight excluding hydrogens is 459 g/mol. The summed E-state index contributed by atoms with van der Waals surface area (Å²) in [6.45, 7) is 0. The molecule has 4 aromatic rings. The number of aliphatic carboxylic acids is 1. The molecule has 0 spiro atoms. The Morgan fingerprint density at radius 3 is 2.59 bits per heavy atom. The number of hydrogen-bond acceptors (Lipinski definition) is 5. The molecule has 2 N–H and O–H groups in total. The van der Waals surface area contributed by atoms with Crippen molar-refractivity contribution in [3.63, 3.8) is 0 Å². The number of H-pyrrole nitrogens is 1. The highest BCUT2D eigenvalue weighted by atomic mass is 35.5. The van der Waals surface area contributed by atoms with E-state index in [1.807, 2.05) is 12.1 Å². The Bertz CT molecular complexity index is 1330. The fourth-order valence-corrected chi connectivity index (χ4v) is 4.54. The van der Waals surface area contributed by atoms with Crippen LogP contribution >= 0.6 is 11.6 Å². The largest absolute Gasteiger partial charge is 0.481 e. The quantitative estimate of drug-likeness (QED) is 0.356. The molecule has 34 heavy (non-hydrogen) atoms. The second-order valence-electron chi connectivity index (χ2n) is 8.55. The molecule has 0 radical (unpaired) electrons. The number of nitrogens with one attached hydrogen (secondary N) is 1. The molecular formula is C25H22ClFN4O3. The summed E-state index contributed by atoms with van der Waals surface area (Å²) in [4.78, 5) is 26.8. The van der Waals surface area contributed by atoms with E-state index < -0.39 is 11.8 Å². The van der Waals surface area contributed by atoms with Crippen molar-refractivity contribution in [1.29, 1.82) is 0 Å². The zero-order valence-corrected chi connectivity index (χ0v) is 18.9. The minimum Gasteiger partial charge on any atom is -0.481 e. The maximum Gasteiger partial charge on any atom is 0.303 e. The number of pyridine rings is 2. The predicted octanol–water partition coefficient (Wildman–Crippen LogP) is 5.89. The molecule has 1 saturated carbocycles. The molecule has 3 heterocycles. The Hall–Kier alpha value is -3.52. The first-order valence-corrected chi connectivity index (χ1v) is 11.5. The van der Waals surface area contributed by atoms with Crippen LogP contribution in [-0.2, 0) is 4.79 Å². The molecule has 0 aliphatic heterocycles. The van der Waals surface area contributed by atoms with Crippen LogP contribution in [0.1, 0.15) is 32.1 Å². The zero-order valence-electron chi connectivity index (χ0n) is 18.2. The fourth-order valence-electron chi connectivity index (χ4n) is 4.38. The first kappa shape index (κ1) is 22.3. The number of hydrogen-bond donors (Lipinski definition) is 2. The van der Waals surface area contributed by atoms with Gasteiger partial charge in [0.05, 0.1) is 16.1 Å². The molecule has 1 fully saturated rings. The van der Waals surface area contributed by atoms with E-state index in [1.165, 1.54) is 12.3 Å². The SMILES string of the molecule is O=C(O)CC1CCC(Oc2ccc(-c3ccc(-c4nc5ncc(Cl)cc5[nH]4)c(F)c3)cn2)CC1. The summed E-state index contributed by atoms with van der Waals surface area (Å²) in [7, 11) is 0. The third-order valence-electron chi connectivity index (χ3n) is 6.14. The summed E-state index contributed by atoms with van der Waals surface area (Å²) < 4.78 is 20.9. The van der Waals surface area contributed by atoms with Crippen LogP contribution in [0.3, 0.4) is 0 Å². The average molecular weight is 481 g/mol. The summed E-state index contributed by atoms with van der Waals surface area (Å²) in [5.41, 5.74) is 2.90. The summed E-state index contributed by atoms with van der Waals surface area (Å²) in [6, 6.07) is 10.3. The van der Waals surface area contributed by atoms with Crippen LogP contribution < -0.4 is 4.74 Å². The lowest BCUT2D eigenvalue weighted by Gasteiger charge is -2.27. The highest BCUT2D eigenvalue weighted by molar-refractivity contribution is 6.31. The zero-order chi connectivity index (χ0) is 23.7. The van der Waals surface area contributed by atoms with Gasteiger partial charge in [-0.05, 0) is 61.4 Å². The molecule has 1 aliphatic carbocycles. The smallest absolute Gasteiger partial charge is 0.303 e. The van der Waals surface area contributed by atoms with Crippen LogP contribution in [0.15, 0.2) is 48.8 Å². The van der Waals surface area contributed by atoms with Crippen LogP contribution in [0.5, 0.6) is 5.88 Å². The lowest BCUT2D eigenvalue weighted by Crippen LogP contribution is -2.25. The van der Waals surface area contributed by atoms with Crippen molar-refractivity contribution in [1.82, 2.24) is 19.9 Å². The van der Waals surface area contributed by atoms with Crippen molar-refractivity contribution in [2.45, 2.75) is 38.2 Å². The Morgan fingerprint density at radius 2 is 1.88 bits per heavy atom. The van der Waals surface area contributed by atoms with Gasteiger partial charge in [-0.2, -0.15) is 0 Å². The molecule has 7 nitrogen and oxygen atoms in total. The van der Waals surface area contributed by atoms with Crippen LogP contribution in [0.2, 0.25) is 5.02 Å². The number of nitrogens with zero attached hydrogens (tertiary/aromatic N) is 3. The summed E-state index contributed by atoms with van der Waals surface area (Å²) in [6.07, 6.45) is 6.73. The van der Waals surface area contributed by atoms with Gasteiger partial charge >= 0.3 is 5.97 Å². The van der Waals surface area contributed by atoms with Crippen LogP contribution in [-0.4, -0.2) is 37.1 Å². The van der Waals surface area contributed by atoms with Gasteiger partial charge < -0.3 is 14.8 Å². The van der Waals surface area contributed by atoms with Crippen molar-refractivity contribution in [3.05, 3.63) is 59.6 Å². The third-order valence-corrected chi connectivity index (χ3v) is 6.35. The van der Waals surface area contributed by atoms with E-state index in [-0.39, 0.29) is 18.4 Å². The molecule has 0 bridgehead atoms. The van der Waals surface area contributed by atoms with E-state index in [9.17, 15) is 9.18 Å². The Labute approximate surface area is 200 Å². The van der Waals surface area contributed by atoms with E-state index in [4.69, 9.17) is 21.4 Å². The number of benzene rings is 1. The number of halogens is 2. The fraction of sp³-hybridized carbons (Fsp3) is 0.280. The molecule has 0 atom stereocenters. The molecule has 1 aromatic carbocycles. The van der Waals surface area contributed by atoms with Gasteiger partial charge in [-0.15, -0.1) is 0 Å². The number of rotatable bonds is 6. The maximum atomic E-state index is 14.9. The topological polar surface area (TPSA) is 101 Å². The molecule has 1 aliphatic rings. The Kier molecular flexibility index (Phi) is 6.15. The number of aromatic nitrogens is 4. The van der Waals surface area contributed by atoms with E-state index in [2.05, 4.69) is 19.9 Å².